The number of pyridine rings is 1. The maximum absolute atomic E-state index is 11.9. The van der Waals surface area contributed by atoms with E-state index in [1.165, 1.54) is 0 Å². The van der Waals surface area contributed by atoms with Gasteiger partial charge in [0.25, 0.3) is 0 Å². The number of hydrogen-bond acceptors (Lipinski definition) is 2. The molecule has 5 heteroatoms. The summed E-state index contributed by atoms with van der Waals surface area (Å²) in [5, 5.41) is 11.2. The number of fused-ring (bicyclic) bond motifs is 1. The molecular weight excluding hydrogens is 381 g/mol. The molecule has 0 aliphatic heterocycles. The third kappa shape index (κ3) is 3.39. The quantitative estimate of drug-likeness (QED) is 0.427. The highest BCUT2D eigenvalue weighted by Crippen LogP contribution is 2.32. The molecule has 0 saturated heterocycles. The Balaban J connectivity index is 1.92. The first-order valence-corrected chi connectivity index (χ1v) is 8.97. The van der Waals surface area contributed by atoms with Crippen LogP contribution < -0.4 is 0 Å². The molecule has 27 heavy (non-hydrogen) atoms. The SMILES string of the molecule is O=C(O)c1cc(-c2ccccc2)nc2ccc(-c3ccc(Cl)c(Cl)c3)cc12. The van der Waals surface area contributed by atoms with Gasteiger partial charge >= 0.3 is 5.97 Å². The van der Waals surface area contributed by atoms with Crippen molar-refractivity contribution in [3.8, 4) is 22.4 Å². The van der Waals surface area contributed by atoms with Crippen LogP contribution in [0.2, 0.25) is 10.0 Å². The molecule has 0 unspecified atom stereocenters. The second kappa shape index (κ2) is 7.03. The van der Waals surface area contributed by atoms with Gasteiger partial charge in [-0.15, -0.1) is 0 Å². The van der Waals surface area contributed by atoms with Gasteiger partial charge in [-0.25, -0.2) is 9.78 Å². The molecule has 0 fully saturated rings. The highest BCUT2D eigenvalue weighted by molar-refractivity contribution is 6.42. The monoisotopic (exact) mass is 393 g/mol. The number of halogens is 2. The van der Waals surface area contributed by atoms with Crippen LogP contribution in [-0.2, 0) is 0 Å². The van der Waals surface area contributed by atoms with Crippen LogP contribution in [-0.4, -0.2) is 16.1 Å². The van der Waals surface area contributed by atoms with Crippen LogP contribution in [0.5, 0.6) is 0 Å². The summed E-state index contributed by atoms with van der Waals surface area (Å²) in [6, 6.07) is 22.0. The highest BCUT2D eigenvalue weighted by atomic mass is 35.5. The second-order valence-electron chi connectivity index (χ2n) is 6.09. The predicted octanol–water partition coefficient (Wildman–Crippen LogP) is 6.57. The van der Waals surface area contributed by atoms with Gasteiger partial charge in [-0.2, -0.15) is 0 Å². The van der Waals surface area contributed by atoms with Gasteiger partial charge in [0, 0.05) is 10.9 Å². The predicted molar refractivity (Wildman–Crippen MR) is 110 cm³/mol. The molecule has 3 nitrogen and oxygen atoms in total. The molecule has 0 bridgehead atoms. The van der Waals surface area contributed by atoms with E-state index < -0.39 is 5.97 Å². The zero-order chi connectivity index (χ0) is 19.0. The zero-order valence-electron chi connectivity index (χ0n) is 14.0. The largest absolute Gasteiger partial charge is 0.478 e. The van der Waals surface area contributed by atoms with Crippen molar-refractivity contribution in [3.05, 3.63) is 88.4 Å². The lowest BCUT2D eigenvalue weighted by Crippen LogP contribution is -2.00. The van der Waals surface area contributed by atoms with E-state index >= 15 is 0 Å². The molecule has 0 saturated carbocycles. The zero-order valence-corrected chi connectivity index (χ0v) is 15.5. The van der Waals surface area contributed by atoms with Gasteiger partial charge in [0.2, 0.25) is 0 Å². The number of nitrogens with zero attached hydrogens (tertiary/aromatic N) is 1. The summed E-state index contributed by atoms with van der Waals surface area (Å²) < 4.78 is 0. The fourth-order valence-electron chi connectivity index (χ4n) is 3.01. The standard InChI is InChI=1S/C22H13Cl2NO2/c23-18-8-6-15(11-19(18)24)14-7-9-20-16(10-14)17(22(26)27)12-21(25-20)13-4-2-1-3-5-13/h1-12H,(H,26,27). The molecule has 0 spiro atoms. The van der Waals surface area contributed by atoms with Crippen molar-refractivity contribution in [3.63, 3.8) is 0 Å². The van der Waals surface area contributed by atoms with Crippen LogP contribution in [0.1, 0.15) is 10.4 Å². The van der Waals surface area contributed by atoms with Crippen LogP contribution in [0.15, 0.2) is 72.8 Å². The molecule has 0 atom stereocenters. The van der Waals surface area contributed by atoms with E-state index in [1.54, 1.807) is 18.2 Å². The Morgan fingerprint density at radius 1 is 0.778 bits per heavy atom. The Morgan fingerprint density at radius 2 is 1.48 bits per heavy atom. The van der Waals surface area contributed by atoms with Gasteiger partial charge in [0.1, 0.15) is 0 Å². The molecule has 4 aromatic rings. The Hall–Kier alpha value is -2.88. The maximum atomic E-state index is 11.9. The van der Waals surface area contributed by atoms with Crippen molar-refractivity contribution in [2.24, 2.45) is 0 Å². The Bertz CT molecular complexity index is 1170. The fraction of sp³-hybridized carbons (Fsp3) is 0. The summed E-state index contributed by atoms with van der Waals surface area (Å²) in [5.41, 5.74) is 4.03. The lowest BCUT2D eigenvalue weighted by Gasteiger charge is -2.10. The van der Waals surface area contributed by atoms with E-state index in [9.17, 15) is 9.90 Å². The fourth-order valence-corrected chi connectivity index (χ4v) is 3.31. The minimum absolute atomic E-state index is 0.209. The Labute approximate surface area is 165 Å². The molecule has 1 heterocycles. The lowest BCUT2D eigenvalue weighted by atomic mass is 9.99. The Kier molecular flexibility index (Phi) is 4.56. The number of aromatic nitrogens is 1. The molecule has 0 aliphatic rings. The van der Waals surface area contributed by atoms with Gasteiger partial charge in [0.05, 0.1) is 26.8 Å². The van der Waals surface area contributed by atoms with Crippen LogP contribution >= 0.6 is 23.2 Å². The van der Waals surface area contributed by atoms with Gasteiger partial charge < -0.3 is 5.11 Å². The van der Waals surface area contributed by atoms with Gasteiger partial charge in [-0.1, -0.05) is 65.7 Å². The van der Waals surface area contributed by atoms with E-state index in [-0.39, 0.29) is 5.56 Å². The number of carboxylic acids is 1. The highest BCUT2D eigenvalue weighted by Gasteiger charge is 2.14. The summed E-state index contributed by atoms with van der Waals surface area (Å²) in [5.74, 6) is -0.995. The number of aromatic carboxylic acids is 1. The summed E-state index contributed by atoms with van der Waals surface area (Å²) in [4.78, 5) is 16.5. The molecule has 1 aromatic heterocycles. The maximum Gasteiger partial charge on any atom is 0.336 e. The van der Waals surface area contributed by atoms with Crippen molar-refractivity contribution in [2.45, 2.75) is 0 Å². The number of carboxylic acid groups (broad SMARTS) is 1. The van der Waals surface area contributed by atoms with Crippen molar-refractivity contribution >= 4 is 40.1 Å². The van der Waals surface area contributed by atoms with E-state index in [0.717, 1.165) is 16.7 Å². The molecule has 4 rings (SSSR count). The average molecular weight is 394 g/mol. The van der Waals surface area contributed by atoms with Gasteiger partial charge in [-0.3, -0.25) is 0 Å². The van der Waals surface area contributed by atoms with Crippen molar-refractivity contribution in [2.75, 3.05) is 0 Å². The van der Waals surface area contributed by atoms with Crippen LogP contribution in [0.25, 0.3) is 33.3 Å². The van der Waals surface area contributed by atoms with E-state index in [0.29, 0.717) is 26.6 Å². The number of benzene rings is 3. The smallest absolute Gasteiger partial charge is 0.336 e. The summed E-state index contributed by atoms with van der Waals surface area (Å²) in [6.07, 6.45) is 0. The second-order valence-corrected chi connectivity index (χ2v) is 6.90. The van der Waals surface area contributed by atoms with Gasteiger partial charge in [0.15, 0.2) is 0 Å². The van der Waals surface area contributed by atoms with Crippen molar-refractivity contribution in [1.82, 2.24) is 4.98 Å². The lowest BCUT2D eigenvalue weighted by molar-refractivity contribution is 0.0699. The van der Waals surface area contributed by atoms with E-state index in [1.807, 2.05) is 54.6 Å². The molecule has 3 aromatic carbocycles. The third-order valence-corrected chi connectivity index (χ3v) is 5.10. The first kappa shape index (κ1) is 17.5. The van der Waals surface area contributed by atoms with Crippen LogP contribution in [0, 0.1) is 0 Å². The molecule has 1 N–H and O–H groups in total. The minimum Gasteiger partial charge on any atom is -0.478 e. The summed E-state index contributed by atoms with van der Waals surface area (Å²) in [7, 11) is 0. The van der Waals surface area contributed by atoms with Crippen molar-refractivity contribution in [1.29, 1.82) is 0 Å². The molecular formula is C22H13Cl2NO2. The first-order valence-electron chi connectivity index (χ1n) is 8.22. The van der Waals surface area contributed by atoms with Crippen molar-refractivity contribution < 1.29 is 9.90 Å². The minimum atomic E-state index is -0.995. The molecule has 0 amide bonds. The summed E-state index contributed by atoms with van der Waals surface area (Å²) in [6.45, 7) is 0. The van der Waals surface area contributed by atoms with Crippen LogP contribution in [0.4, 0.5) is 0 Å². The summed E-state index contributed by atoms with van der Waals surface area (Å²) >= 11 is 12.1. The topological polar surface area (TPSA) is 50.2 Å². The third-order valence-electron chi connectivity index (χ3n) is 4.36. The molecule has 0 radical (unpaired) electrons. The Morgan fingerprint density at radius 3 is 2.19 bits per heavy atom. The normalized spacial score (nSPS) is 10.9. The number of rotatable bonds is 3. The molecule has 132 valence electrons. The number of carbonyl (C=O) groups is 1. The molecule has 0 aliphatic carbocycles. The average Bonchev–Trinajstić information content (AvgIpc) is 2.69. The van der Waals surface area contributed by atoms with E-state index in [2.05, 4.69) is 4.98 Å². The first-order chi connectivity index (χ1) is 13.0. The van der Waals surface area contributed by atoms with Crippen LogP contribution in [0.3, 0.4) is 0 Å². The van der Waals surface area contributed by atoms with E-state index in [4.69, 9.17) is 23.2 Å². The number of hydrogen-bond donors (Lipinski definition) is 1. The van der Waals surface area contributed by atoms with Gasteiger partial charge in [-0.05, 0) is 41.5 Å².